The molecule has 0 unspecified atom stereocenters. The number of hydrogen-bond donors (Lipinski definition) is 4. The number of nitrogen functional groups attached to an aromatic ring is 1. The van der Waals surface area contributed by atoms with Gasteiger partial charge in [0, 0.05) is 47.0 Å². The number of amides is 1. The van der Waals surface area contributed by atoms with E-state index in [0.29, 0.717) is 16.9 Å². The molecule has 0 spiro atoms. The molecule has 5 N–H and O–H groups in total. The summed E-state index contributed by atoms with van der Waals surface area (Å²) < 4.78 is 4.05. The highest BCUT2D eigenvalue weighted by molar-refractivity contribution is 6.08. The van der Waals surface area contributed by atoms with Crippen LogP contribution in [0.2, 0.25) is 0 Å². The second-order valence-electron chi connectivity index (χ2n) is 8.69. The van der Waals surface area contributed by atoms with E-state index in [-0.39, 0.29) is 53.9 Å². The first-order valence-electron chi connectivity index (χ1n) is 11.6. The number of pyridine rings is 2. The number of para-hydroxylation sites is 1. The Morgan fingerprint density at radius 2 is 1.34 bits per heavy atom. The Balaban J connectivity index is 0.00000200. The largest absolute Gasteiger partial charge is 1.00 e. The van der Waals surface area contributed by atoms with E-state index < -0.39 is 0 Å². The van der Waals surface area contributed by atoms with Crippen molar-refractivity contribution in [2.45, 2.75) is 0 Å². The van der Waals surface area contributed by atoms with Crippen LogP contribution in [0.25, 0.3) is 10.9 Å². The standard InChI is InChI=1S/C29H26N6O.2HI/c1-34-16-13-22(14-17-34)31-20-7-9-21(10-8-20)33-29(36)24-12-11-23(19-26(24)30)32-27-15-18-35(2)28-6-4-3-5-25(27)28;;/h3-19H,1-2H3,(H3,30,33,36);2*1H. The average Bonchev–Trinajstić information content (AvgIpc) is 2.88. The summed E-state index contributed by atoms with van der Waals surface area (Å²) >= 11 is 0. The third kappa shape index (κ3) is 6.70. The zero-order valence-corrected chi connectivity index (χ0v) is 25.3. The monoisotopic (exact) mass is 730 g/mol. The first kappa shape index (κ1) is 29.1. The fraction of sp³-hybridized carbons (Fsp3) is 0.0690. The Kier molecular flexibility index (Phi) is 9.86. The molecule has 2 heterocycles. The number of carbonyl (C=O) groups excluding carboxylic acids is 1. The van der Waals surface area contributed by atoms with Crippen LogP contribution in [0.5, 0.6) is 0 Å². The summed E-state index contributed by atoms with van der Waals surface area (Å²) in [6.45, 7) is 0. The Morgan fingerprint density at radius 3 is 2.05 bits per heavy atom. The highest BCUT2D eigenvalue weighted by Gasteiger charge is 2.13. The highest BCUT2D eigenvalue weighted by Crippen LogP contribution is 2.27. The molecule has 194 valence electrons. The second-order valence-corrected chi connectivity index (χ2v) is 8.69. The molecule has 3 aromatic carbocycles. The predicted octanol–water partition coefficient (Wildman–Crippen LogP) is -1.18. The van der Waals surface area contributed by atoms with Crippen LogP contribution in [0.15, 0.2) is 104 Å². The molecular weight excluding hydrogens is 702 g/mol. The molecule has 5 rings (SSSR count). The van der Waals surface area contributed by atoms with Crippen LogP contribution in [0.3, 0.4) is 0 Å². The molecule has 0 bridgehead atoms. The number of rotatable bonds is 6. The van der Waals surface area contributed by atoms with Crippen molar-refractivity contribution in [1.29, 1.82) is 0 Å². The van der Waals surface area contributed by atoms with Crippen molar-refractivity contribution < 1.29 is 61.9 Å². The van der Waals surface area contributed by atoms with Crippen molar-refractivity contribution in [3.05, 3.63) is 109 Å². The number of anilines is 6. The van der Waals surface area contributed by atoms with Crippen molar-refractivity contribution >= 4 is 50.9 Å². The van der Waals surface area contributed by atoms with Crippen LogP contribution in [0.1, 0.15) is 10.4 Å². The molecule has 0 fully saturated rings. The van der Waals surface area contributed by atoms with Gasteiger partial charge in [-0.1, -0.05) is 12.1 Å². The predicted molar refractivity (Wildman–Crippen MR) is 145 cm³/mol. The summed E-state index contributed by atoms with van der Waals surface area (Å²) in [6.07, 6.45) is 5.96. The number of nitrogens with two attached hydrogens (primary N) is 1. The van der Waals surface area contributed by atoms with Crippen molar-refractivity contribution in [3.8, 4) is 0 Å². The number of hydrogen-bond acceptors (Lipinski definition) is 4. The van der Waals surface area contributed by atoms with Gasteiger partial charge in [-0.3, -0.25) is 4.79 Å². The van der Waals surface area contributed by atoms with Crippen molar-refractivity contribution in [1.82, 2.24) is 0 Å². The van der Waals surface area contributed by atoms with Crippen molar-refractivity contribution in [2.75, 3.05) is 21.7 Å². The van der Waals surface area contributed by atoms with E-state index >= 15 is 0 Å². The smallest absolute Gasteiger partial charge is 0.257 e. The summed E-state index contributed by atoms with van der Waals surface area (Å²) in [4.78, 5) is 12.9. The zero-order valence-electron chi connectivity index (χ0n) is 21.0. The van der Waals surface area contributed by atoms with Gasteiger partial charge >= 0.3 is 0 Å². The van der Waals surface area contributed by atoms with Gasteiger partial charge in [-0.15, -0.1) is 0 Å². The maximum absolute atomic E-state index is 12.9. The summed E-state index contributed by atoms with van der Waals surface area (Å²) in [5.41, 5.74) is 12.6. The van der Waals surface area contributed by atoms with Crippen LogP contribution in [0.4, 0.5) is 34.1 Å². The van der Waals surface area contributed by atoms with Gasteiger partial charge in [0.15, 0.2) is 18.6 Å². The van der Waals surface area contributed by atoms with Gasteiger partial charge in [-0.05, 0) is 48.5 Å². The van der Waals surface area contributed by atoms with Crippen molar-refractivity contribution in [3.63, 3.8) is 0 Å². The Labute approximate surface area is 256 Å². The van der Waals surface area contributed by atoms with E-state index in [2.05, 4.69) is 32.7 Å². The molecule has 9 heteroatoms. The Morgan fingerprint density at radius 1 is 0.711 bits per heavy atom. The lowest BCUT2D eigenvalue weighted by Gasteiger charge is -2.12. The minimum atomic E-state index is -0.257. The molecule has 0 radical (unpaired) electrons. The lowest BCUT2D eigenvalue weighted by molar-refractivity contribution is -0.671. The summed E-state index contributed by atoms with van der Waals surface area (Å²) in [7, 11) is 3.99. The number of aromatic nitrogens is 2. The first-order chi connectivity index (χ1) is 17.5. The first-order valence-corrected chi connectivity index (χ1v) is 11.6. The molecule has 0 aliphatic carbocycles. The normalized spacial score (nSPS) is 10.2. The quantitative estimate of drug-likeness (QED) is 0.101. The summed E-state index contributed by atoms with van der Waals surface area (Å²) in [5, 5.41) is 10.8. The summed E-state index contributed by atoms with van der Waals surface area (Å²) in [5.74, 6) is -0.257. The maximum Gasteiger partial charge on any atom is 0.257 e. The van der Waals surface area contributed by atoms with Gasteiger partial charge in [0.2, 0.25) is 5.52 Å². The van der Waals surface area contributed by atoms with Gasteiger partial charge in [0.05, 0.1) is 22.3 Å². The molecule has 0 aliphatic rings. The van der Waals surface area contributed by atoms with Crippen LogP contribution in [0, 0.1) is 0 Å². The lowest BCUT2D eigenvalue weighted by Crippen LogP contribution is -3.00. The number of halogens is 2. The highest BCUT2D eigenvalue weighted by atomic mass is 127. The molecule has 0 saturated carbocycles. The fourth-order valence-electron chi connectivity index (χ4n) is 4.06. The minimum Gasteiger partial charge on any atom is -1.00 e. The number of carbonyl (C=O) groups is 1. The van der Waals surface area contributed by atoms with E-state index in [1.165, 1.54) is 0 Å². The van der Waals surface area contributed by atoms with E-state index in [9.17, 15) is 4.79 Å². The third-order valence-corrected chi connectivity index (χ3v) is 6.02. The summed E-state index contributed by atoms with van der Waals surface area (Å²) in [6, 6.07) is 27.1. The third-order valence-electron chi connectivity index (χ3n) is 6.02. The fourth-order valence-corrected chi connectivity index (χ4v) is 4.06. The van der Waals surface area contributed by atoms with Gasteiger partial charge in [-0.2, -0.15) is 0 Å². The molecular formula is C29H28I2N6O. The van der Waals surface area contributed by atoms with E-state index in [1.807, 2.05) is 97.9 Å². The molecule has 1 amide bonds. The topological polar surface area (TPSA) is 86.9 Å². The number of benzene rings is 3. The number of nitrogens with one attached hydrogen (secondary N) is 3. The molecule has 2 aromatic heterocycles. The number of fused-ring (bicyclic) bond motifs is 1. The van der Waals surface area contributed by atoms with Crippen LogP contribution in [-0.4, -0.2) is 5.91 Å². The van der Waals surface area contributed by atoms with E-state index in [1.54, 1.807) is 12.1 Å². The van der Waals surface area contributed by atoms with Crippen molar-refractivity contribution in [2.24, 2.45) is 14.1 Å². The van der Waals surface area contributed by atoms with Gasteiger partial charge in [-0.25, -0.2) is 9.13 Å². The lowest BCUT2D eigenvalue weighted by atomic mass is 10.1. The molecule has 7 nitrogen and oxygen atoms in total. The van der Waals surface area contributed by atoms with Gasteiger partial charge in [0.25, 0.3) is 5.91 Å². The number of nitrogens with zero attached hydrogens (tertiary/aromatic N) is 2. The second kappa shape index (κ2) is 12.9. The zero-order chi connectivity index (χ0) is 25.1. The van der Waals surface area contributed by atoms with E-state index in [0.717, 1.165) is 33.7 Å². The molecule has 5 aromatic rings. The van der Waals surface area contributed by atoms with Gasteiger partial charge < -0.3 is 69.6 Å². The SMILES string of the molecule is C[n+]1ccc(Nc2ccc(NC(=O)c3ccc(Nc4cc[n+](C)c5ccccc45)cc3N)cc2)cc1.[I-].[I-]. The average molecular weight is 730 g/mol. The Bertz CT molecular complexity index is 1560. The molecule has 0 atom stereocenters. The minimum absolute atomic E-state index is 0. The Hall–Kier alpha value is -3.45. The van der Waals surface area contributed by atoms with E-state index in [4.69, 9.17) is 5.73 Å². The maximum atomic E-state index is 12.9. The van der Waals surface area contributed by atoms with Gasteiger partial charge in [0.1, 0.15) is 14.1 Å². The molecule has 0 aliphatic heterocycles. The number of aryl methyl sites for hydroxylation is 2. The van der Waals surface area contributed by atoms with Crippen LogP contribution < -0.4 is 78.8 Å². The molecule has 38 heavy (non-hydrogen) atoms. The molecule has 0 saturated heterocycles. The van der Waals surface area contributed by atoms with Crippen LogP contribution >= 0.6 is 0 Å². The van der Waals surface area contributed by atoms with Crippen LogP contribution in [-0.2, 0) is 14.1 Å².